The molecule has 106 valence electrons. The molecule has 1 fully saturated rings. The van der Waals surface area contributed by atoms with Crippen LogP contribution >= 0.6 is 11.6 Å². The van der Waals surface area contributed by atoms with Crippen molar-refractivity contribution in [3.63, 3.8) is 0 Å². The summed E-state index contributed by atoms with van der Waals surface area (Å²) in [6.07, 6.45) is 1.72. The highest BCUT2D eigenvalue weighted by Gasteiger charge is 2.09. The first kappa shape index (κ1) is 13.6. The molecule has 1 saturated heterocycles. The van der Waals surface area contributed by atoms with Gasteiger partial charge in [0.15, 0.2) is 0 Å². The van der Waals surface area contributed by atoms with Gasteiger partial charge in [-0.15, -0.1) is 0 Å². The molecule has 1 aliphatic rings. The summed E-state index contributed by atoms with van der Waals surface area (Å²) in [7, 11) is 0. The molecule has 20 heavy (non-hydrogen) atoms. The van der Waals surface area contributed by atoms with Gasteiger partial charge >= 0.3 is 0 Å². The second-order valence-electron chi connectivity index (χ2n) is 4.91. The van der Waals surface area contributed by atoms with E-state index in [9.17, 15) is 0 Å². The predicted molar refractivity (Wildman–Crippen MR) is 81.6 cm³/mol. The second-order valence-corrected chi connectivity index (χ2v) is 5.32. The number of pyridine rings is 1. The molecule has 0 spiro atoms. The summed E-state index contributed by atoms with van der Waals surface area (Å²) in [6.45, 7) is 5.99. The number of benzene rings is 1. The van der Waals surface area contributed by atoms with E-state index in [4.69, 9.17) is 16.3 Å². The second kappa shape index (κ2) is 6.39. The first-order valence-electron chi connectivity index (χ1n) is 6.93. The summed E-state index contributed by atoms with van der Waals surface area (Å²) in [5.41, 5.74) is 0.872. The molecule has 0 unspecified atom stereocenters. The van der Waals surface area contributed by atoms with E-state index in [2.05, 4.69) is 15.2 Å². The van der Waals surface area contributed by atoms with Crippen LogP contribution in [-0.2, 0) is 0 Å². The van der Waals surface area contributed by atoms with Crippen molar-refractivity contribution >= 4 is 22.5 Å². The Morgan fingerprint density at radius 2 is 2.10 bits per heavy atom. The van der Waals surface area contributed by atoms with Crippen molar-refractivity contribution in [1.29, 1.82) is 0 Å². The van der Waals surface area contributed by atoms with Crippen LogP contribution in [0.4, 0.5) is 0 Å². The van der Waals surface area contributed by atoms with Gasteiger partial charge in [0.25, 0.3) is 0 Å². The first-order valence-corrected chi connectivity index (χ1v) is 7.31. The van der Waals surface area contributed by atoms with Gasteiger partial charge in [-0.1, -0.05) is 11.6 Å². The average molecular weight is 292 g/mol. The smallest absolute Gasteiger partial charge is 0.121 e. The van der Waals surface area contributed by atoms with E-state index in [1.165, 1.54) is 0 Å². The van der Waals surface area contributed by atoms with Crippen LogP contribution in [0.5, 0.6) is 5.75 Å². The summed E-state index contributed by atoms with van der Waals surface area (Å²) >= 11 is 6.12. The normalized spacial score (nSPS) is 16.4. The number of nitrogens with zero attached hydrogens (tertiary/aromatic N) is 2. The van der Waals surface area contributed by atoms with E-state index >= 15 is 0 Å². The van der Waals surface area contributed by atoms with Crippen molar-refractivity contribution < 1.29 is 4.74 Å². The van der Waals surface area contributed by atoms with Gasteiger partial charge in [0.1, 0.15) is 12.4 Å². The predicted octanol–water partition coefficient (Wildman–Crippen LogP) is 2.17. The van der Waals surface area contributed by atoms with Crippen molar-refractivity contribution in [3.05, 3.63) is 35.5 Å². The van der Waals surface area contributed by atoms with E-state index in [1.54, 1.807) is 12.3 Å². The number of halogens is 1. The number of fused-ring (bicyclic) bond motifs is 1. The summed E-state index contributed by atoms with van der Waals surface area (Å²) in [5, 5.41) is 5.03. The van der Waals surface area contributed by atoms with Crippen molar-refractivity contribution in [3.8, 4) is 5.75 Å². The molecule has 0 bridgehead atoms. The molecule has 3 rings (SSSR count). The zero-order valence-electron chi connectivity index (χ0n) is 11.3. The Morgan fingerprint density at radius 3 is 2.95 bits per heavy atom. The third-order valence-corrected chi connectivity index (χ3v) is 3.88. The Labute approximate surface area is 123 Å². The minimum absolute atomic E-state index is 0.700. The van der Waals surface area contributed by atoms with Crippen molar-refractivity contribution in [2.24, 2.45) is 0 Å². The number of piperazine rings is 1. The molecule has 0 aliphatic carbocycles. The summed E-state index contributed by atoms with van der Waals surface area (Å²) in [6, 6.07) is 7.66. The lowest BCUT2D eigenvalue weighted by Crippen LogP contribution is -2.44. The standard InChI is InChI=1S/C15H18ClN3O/c16-14-3-4-18-15-11-12(1-2-13(14)15)20-10-9-19-7-5-17-6-8-19/h1-4,11,17H,5-10H2. The van der Waals surface area contributed by atoms with Crippen LogP contribution in [0.3, 0.4) is 0 Å². The zero-order valence-corrected chi connectivity index (χ0v) is 12.1. The maximum atomic E-state index is 6.12. The molecule has 0 amide bonds. The van der Waals surface area contributed by atoms with Crippen molar-refractivity contribution in [1.82, 2.24) is 15.2 Å². The fourth-order valence-corrected chi connectivity index (χ4v) is 2.63. The first-order chi connectivity index (χ1) is 9.83. The molecule has 1 N–H and O–H groups in total. The number of hydrogen-bond acceptors (Lipinski definition) is 4. The molecule has 5 heteroatoms. The molecular formula is C15H18ClN3O. The lowest BCUT2D eigenvalue weighted by molar-refractivity contribution is 0.191. The SMILES string of the molecule is Clc1ccnc2cc(OCCN3CCNCC3)ccc12. The van der Waals surface area contributed by atoms with Gasteiger partial charge in [-0.25, -0.2) is 0 Å². The highest BCUT2D eigenvalue weighted by atomic mass is 35.5. The maximum Gasteiger partial charge on any atom is 0.121 e. The van der Waals surface area contributed by atoms with Crippen molar-refractivity contribution in [2.75, 3.05) is 39.3 Å². The van der Waals surface area contributed by atoms with Crippen LogP contribution in [0.2, 0.25) is 5.02 Å². The van der Waals surface area contributed by atoms with Crippen LogP contribution in [0.15, 0.2) is 30.5 Å². The fraction of sp³-hybridized carbons (Fsp3) is 0.400. The van der Waals surface area contributed by atoms with Crippen LogP contribution in [0.1, 0.15) is 0 Å². The molecular weight excluding hydrogens is 274 g/mol. The topological polar surface area (TPSA) is 37.4 Å². The molecule has 0 saturated carbocycles. The van der Waals surface area contributed by atoms with E-state index in [-0.39, 0.29) is 0 Å². The highest BCUT2D eigenvalue weighted by molar-refractivity contribution is 6.35. The summed E-state index contributed by atoms with van der Waals surface area (Å²) in [5.74, 6) is 0.849. The Bertz CT molecular complexity index is 584. The van der Waals surface area contributed by atoms with Gasteiger partial charge in [0.05, 0.1) is 10.5 Å². The number of nitrogens with one attached hydrogen (secondary N) is 1. The third kappa shape index (κ3) is 3.20. The van der Waals surface area contributed by atoms with Crippen LogP contribution in [0.25, 0.3) is 10.9 Å². The molecule has 1 aliphatic heterocycles. The maximum absolute atomic E-state index is 6.12. The van der Waals surface area contributed by atoms with E-state index < -0.39 is 0 Å². The quantitative estimate of drug-likeness (QED) is 0.937. The zero-order chi connectivity index (χ0) is 13.8. The van der Waals surface area contributed by atoms with E-state index in [0.717, 1.165) is 54.4 Å². The van der Waals surface area contributed by atoms with E-state index in [1.807, 2.05) is 18.2 Å². The largest absolute Gasteiger partial charge is 0.492 e. The number of ether oxygens (including phenoxy) is 1. The average Bonchev–Trinajstić information content (AvgIpc) is 2.48. The van der Waals surface area contributed by atoms with Gasteiger partial charge in [-0.05, 0) is 18.2 Å². The van der Waals surface area contributed by atoms with Gasteiger partial charge in [-0.3, -0.25) is 9.88 Å². The van der Waals surface area contributed by atoms with Crippen molar-refractivity contribution in [2.45, 2.75) is 0 Å². The van der Waals surface area contributed by atoms with Crippen LogP contribution < -0.4 is 10.1 Å². The molecule has 4 nitrogen and oxygen atoms in total. The lowest BCUT2D eigenvalue weighted by Gasteiger charge is -2.26. The van der Waals surface area contributed by atoms with Gasteiger partial charge in [0.2, 0.25) is 0 Å². The number of rotatable bonds is 4. The van der Waals surface area contributed by atoms with Gasteiger partial charge < -0.3 is 10.1 Å². The molecule has 2 heterocycles. The van der Waals surface area contributed by atoms with Gasteiger partial charge in [0, 0.05) is 50.4 Å². The molecule has 2 aromatic rings. The molecule has 1 aromatic heterocycles. The highest BCUT2D eigenvalue weighted by Crippen LogP contribution is 2.25. The van der Waals surface area contributed by atoms with Gasteiger partial charge in [-0.2, -0.15) is 0 Å². The monoisotopic (exact) mass is 291 g/mol. The molecule has 0 radical (unpaired) electrons. The Balaban J connectivity index is 1.60. The van der Waals surface area contributed by atoms with Crippen LogP contribution in [-0.4, -0.2) is 49.2 Å². The Morgan fingerprint density at radius 1 is 1.25 bits per heavy atom. The fourth-order valence-electron chi connectivity index (χ4n) is 2.41. The minimum atomic E-state index is 0.700. The van der Waals surface area contributed by atoms with Crippen LogP contribution in [0, 0.1) is 0 Å². The Kier molecular flexibility index (Phi) is 4.35. The summed E-state index contributed by atoms with van der Waals surface area (Å²) in [4.78, 5) is 6.73. The minimum Gasteiger partial charge on any atom is -0.492 e. The third-order valence-electron chi connectivity index (χ3n) is 3.55. The molecule has 1 aromatic carbocycles. The number of hydrogen-bond donors (Lipinski definition) is 1. The Hall–Kier alpha value is -1.36. The summed E-state index contributed by atoms with van der Waals surface area (Å²) < 4.78 is 5.81. The molecule has 0 atom stereocenters. The number of aromatic nitrogens is 1. The lowest BCUT2D eigenvalue weighted by atomic mass is 10.2. The van der Waals surface area contributed by atoms with E-state index in [0.29, 0.717) is 6.61 Å².